The Morgan fingerprint density at radius 1 is 1.19 bits per heavy atom. The third kappa shape index (κ3) is 6.45. The summed E-state index contributed by atoms with van der Waals surface area (Å²) in [5, 5.41) is 4.93. The predicted octanol–water partition coefficient (Wildman–Crippen LogP) is 3.77. The van der Waals surface area contributed by atoms with Gasteiger partial charge in [0.2, 0.25) is 5.91 Å². The van der Waals surface area contributed by atoms with Gasteiger partial charge in [-0.25, -0.2) is 4.98 Å². The first kappa shape index (κ1) is 23.6. The zero-order chi connectivity index (χ0) is 22.8. The van der Waals surface area contributed by atoms with E-state index in [-0.39, 0.29) is 24.1 Å². The van der Waals surface area contributed by atoms with Crippen molar-refractivity contribution in [3.63, 3.8) is 0 Å². The third-order valence-electron chi connectivity index (χ3n) is 4.87. The molecule has 0 spiro atoms. The van der Waals surface area contributed by atoms with Gasteiger partial charge < -0.3 is 15.0 Å². The first-order valence-electron chi connectivity index (χ1n) is 10.6. The number of ether oxygens (including phenoxy) is 1. The fourth-order valence-electron chi connectivity index (χ4n) is 3.26. The highest BCUT2D eigenvalue weighted by molar-refractivity contribution is 7.09. The van der Waals surface area contributed by atoms with Crippen LogP contribution in [0.2, 0.25) is 0 Å². The number of amides is 2. The molecule has 2 heterocycles. The van der Waals surface area contributed by atoms with E-state index >= 15 is 0 Å². The zero-order valence-corrected chi connectivity index (χ0v) is 19.2. The van der Waals surface area contributed by atoms with E-state index in [2.05, 4.69) is 15.3 Å². The van der Waals surface area contributed by atoms with Crippen molar-refractivity contribution >= 4 is 23.2 Å². The minimum Gasteiger partial charge on any atom is -0.382 e. The van der Waals surface area contributed by atoms with Gasteiger partial charge in [-0.1, -0.05) is 35.9 Å². The molecule has 1 atom stereocenters. The summed E-state index contributed by atoms with van der Waals surface area (Å²) in [7, 11) is 0. The van der Waals surface area contributed by atoms with Gasteiger partial charge >= 0.3 is 0 Å². The third-order valence-corrected chi connectivity index (χ3v) is 5.73. The number of rotatable bonds is 11. The molecule has 168 valence electrons. The summed E-state index contributed by atoms with van der Waals surface area (Å²) in [5.74, 6) is -0.583. The first-order valence-corrected chi connectivity index (χ1v) is 11.5. The van der Waals surface area contributed by atoms with Crippen molar-refractivity contribution in [2.45, 2.75) is 32.9 Å². The van der Waals surface area contributed by atoms with E-state index in [0.29, 0.717) is 26.2 Å². The summed E-state index contributed by atoms with van der Waals surface area (Å²) in [4.78, 5) is 37.6. The second kappa shape index (κ2) is 12.1. The Labute approximate surface area is 192 Å². The van der Waals surface area contributed by atoms with Crippen LogP contribution in [0.3, 0.4) is 0 Å². The summed E-state index contributed by atoms with van der Waals surface area (Å²) in [5.41, 5.74) is 2.02. The van der Waals surface area contributed by atoms with Gasteiger partial charge in [-0.3, -0.25) is 14.6 Å². The smallest absolute Gasteiger partial charge is 0.275 e. The first-order chi connectivity index (χ1) is 15.6. The Balaban J connectivity index is 1.93. The van der Waals surface area contributed by atoms with E-state index in [1.165, 1.54) is 29.9 Å². The molecule has 0 aliphatic heterocycles. The monoisotopic (exact) mass is 452 g/mol. The normalized spacial score (nSPS) is 11.7. The molecule has 1 aromatic carbocycles. The average molecular weight is 453 g/mol. The Kier molecular flexibility index (Phi) is 8.89. The number of thiophene rings is 1. The number of carbonyl (C=O) groups excluding carboxylic acids is 2. The Hall–Kier alpha value is -3.10. The molecule has 7 nitrogen and oxygen atoms in total. The Morgan fingerprint density at radius 3 is 2.66 bits per heavy atom. The molecule has 0 saturated heterocycles. The molecule has 3 rings (SSSR count). The van der Waals surface area contributed by atoms with Gasteiger partial charge in [-0.15, -0.1) is 11.3 Å². The van der Waals surface area contributed by atoms with Gasteiger partial charge in [0, 0.05) is 37.0 Å². The molecular weight excluding hydrogens is 424 g/mol. The summed E-state index contributed by atoms with van der Waals surface area (Å²) in [6.45, 7) is 5.89. The fourth-order valence-corrected chi connectivity index (χ4v) is 3.96. The quantitative estimate of drug-likeness (QED) is 0.448. The van der Waals surface area contributed by atoms with E-state index < -0.39 is 6.04 Å². The van der Waals surface area contributed by atoms with Crippen molar-refractivity contribution in [2.75, 3.05) is 19.8 Å². The molecule has 3 aromatic rings. The molecule has 8 heteroatoms. The Bertz CT molecular complexity index is 978. The van der Waals surface area contributed by atoms with Crippen LogP contribution in [0.4, 0.5) is 0 Å². The molecule has 0 aliphatic rings. The van der Waals surface area contributed by atoms with Crippen LogP contribution in [0.25, 0.3) is 0 Å². The number of nitrogens with one attached hydrogen (secondary N) is 1. The van der Waals surface area contributed by atoms with E-state index in [1.54, 1.807) is 4.90 Å². The highest BCUT2D eigenvalue weighted by Crippen LogP contribution is 2.27. The Morgan fingerprint density at radius 2 is 2.00 bits per heavy atom. The molecule has 32 heavy (non-hydrogen) atoms. The lowest BCUT2D eigenvalue weighted by atomic mass is 10.0. The van der Waals surface area contributed by atoms with Crippen LogP contribution in [0, 0.1) is 6.92 Å². The van der Waals surface area contributed by atoms with E-state index in [9.17, 15) is 9.59 Å². The minimum atomic E-state index is -0.806. The number of aromatic nitrogens is 2. The second-order valence-electron chi connectivity index (χ2n) is 7.26. The van der Waals surface area contributed by atoms with Gasteiger partial charge in [-0.05, 0) is 37.3 Å². The maximum absolute atomic E-state index is 13.5. The maximum atomic E-state index is 13.5. The predicted molar refractivity (Wildman–Crippen MR) is 124 cm³/mol. The van der Waals surface area contributed by atoms with Crippen LogP contribution in [0.15, 0.2) is 60.4 Å². The molecule has 2 aromatic heterocycles. The molecular formula is C24H28N4O3S. The van der Waals surface area contributed by atoms with Gasteiger partial charge in [0.1, 0.15) is 11.7 Å². The van der Waals surface area contributed by atoms with Crippen LogP contribution in [-0.2, 0) is 16.1 Å². The van der Waals surface area contributed by atoms with E-state index in [1.807, 2.05) is 55.6 Å². The van der Waals surface area contributed by atoms with Crippen LogP contribution < -0.4 is 5.32 Å². The molecule has 0 unspecified atom stereocenters. The van der Waals surface area contributed by atoms with Crippen LogP contribution in [0.5, 0.6) is 0 Å². The van der Waals surface area contributed by atoms with Gasteiger partial charge in [0.25, 0.3) is 5.91 Å². The second-order valence-corrected chi connectivity index (χ2v) is 8.29. The van der Waals surface area contributed by atoms with Crippen molar-refractivity contribution in [1.29, 1.82) is 0 Å². The van der Waals surface area contributed by atoms with E-state index in [4.69, 9.17) is 4.74 Å². The highest BCUT2D eigenvalue weighted by atomic mass is 32.1. The standard InChI is InChI=1S/C24H28N4O3S/c1-3-31-14-5-11-27-23(29)22(19-9-7-18(2)8-10-19)28(17-20-6-4-15-32-20)24(30)21-16-25-12-13-26-21/h4,6-10,12-13,15-16,22H,3,5,11,14,17H2,1-2H3,(H,27,29)/t22-/m0/s1. The molecule has 2 amide bonds. The summed E-state index contributed by atoms with van der Waals surface area (Å²) >= 11 is 1.54. The topological polar surface area (TPSA) is 84.4 Å². The van der Waals surface area contributed by atoms with Crippen LogP contribution >= 0.6 is 11.3 Å². The summed E-state index contributed by atoms with van der Waals surface area (Å²) < 4.78 is 5.36. The van der Waals surface area contributed by atoms with Gasteiger partial charge in [0.15, 0.2) is 0 Å². The van der Waals surface area contributed by atoms with E-state index in [0.717, 1.165) is 16.0 Å². The number of hydrogen-bond donors (Lipinski definition) is 1. The number of nitrogens with zero attached hydrogens (tertiary/aromatic N) is 3. The zero-order valence-electron chi connectivity index (χ0n) is 18.4. The lowest BCUT2D eigenvalue weighted by Gasteiger charge is -2.31. The molecule has 0 saturated carbocycles. The lowest BCUT2D eigenvalue weighted by Crippen LogP contribution is -2.44. The number of hydrogen-bond acceptors (Lipinski definition) is 6. The summed E-state index contributed by atoms with van der Waals surface area (Å²) in [6, 6.07) is 10.8. The maximum Gasteiger partial charge on any atom is 0.275 e. The van der Waals surface area contributed by atoms with Crippen molar-refractivity contribution in [3.8, 4) is 0 Å². The molecule has 1 N–H and O–H groups in total. The number of aryl methyl sites for hydroxylation is 1. The molecule has 0 radical (unpaired) electrons. The average Bonchev–Trinajstić information content (AvgIpc) is 3.33. The fraction of sp³-hybridized carbons (Fsp3) is 0.333. The van der Waals surface area contributed by atoms with Crippen molar-refractivity contribution in [2.24, 2.45) is 0 Å². The largest absolute Gasteiger partial charge is 0.382 e. The van der Waals surface area contributed by atoms with Crippen LogP contribution in [0.1, 0.15) is 45.9 Å². The van der Waals surface area contributed by atoms with Gasteiger partial charge in [-0.2, -0.15) is 0 Å². The minimum absolute atomic E-state index is 0.199. The lowest BCUT2D eigenvalue weighted by molar-refractivity contribution is -0.126. The SMILES string of the molecule is CCOCCCNC(=O)[C@H](c1ccc(C)cc1)N(Cc1cccs1)C(=O)c1cnccn1. The van der Waals surface area contributed by atoms with Gasteiger partial charge in [0.05, 0.1) is 12.7 Å². The number of benzene rings is 1. The van der Waals surface area contributed by atoms with Crippen LogP contribution in [-0.4, -0.2) is 46.4 Å². The summed E-state index contributed by atoms with van der Waals surface area (Å²) in [6.07, 6.45) is 5.12. The van der Waals surface area contributed by atoms with Crippen molar-refractivity contribution in [3.05, 3.63) is 82.1 Å². The molecule has 0 fully saturated rings. The van der Waals surface area contributed by atoms with Crippen molar-refractivity contribution < 1.29 is 14.3 Å². The highest BCUT2D eigenvalue weighted by Gasteiger charge is 2.33. The number of carbonyl (C=O) groups is 2. The van der Waals surface area contributed by atoms with Crippen molar-refractivity contribution in [1.82, 2.24) is 20.2 Å². The molecule has 0 bridgehead atoms. The molecule has 0 aliphatic carbocycles.